The maximum Gasteiger partial charge on any atom is 2.00 e. The van der Waals surface area contributed by atoms with E-state index in [0.717, 1.165) is 7.11 Å². The number of aliphatic hydroxyl groups is 1. The molecule has 0 heterocycles. The van der Waals surface area contributed by atoms with Gasteiger partial charge >= 0.3 is 23.1 Å². The van der Waals surface area contributed by atoms with Gasteiger partial charge in [-0.2, -0.15) is 5.92 Å². The van der Waals surface area contributed by atoms with Crippen LogP contribution in [0.2, 0.25) is 0 Å². The fourth-order valence-electron chi connectivity index (χ4n) is 0. The van der Waals surface area contributed by atoms with Crippen molar-refractivity contribution in [3.05, 3.63) is 6.92 Å². The molecule has 0 aromatic heterocycles. The number of hydrogen-bond donors (Lipinski definition) is 1. The third-order valence-electron chi connectivity index (χ3n) is 0. The number of hydrogen-bond acceptors (Lipinski definition) is 1. The summed E-state index contributed by atoms with van der Waals surface area (Å²) in [4.78, 5) is 0. The summed E-state index contributed by atoms with van der Waals surface area (Å²) in [7, 11) is 1.00. The smallest absolute Gasteiger partial charge is 0.400 e. The Morgan fingerprint density at radius 1 is 1.29 bits per heavy atom. The molecule has 7 heavy (non-hydrogen) atoms. The van der Waals surface area contributed by atoms with Crippen LogP contribution in [0.3, 0.4) is 0 Å². The van der Waals surface area contributed by atoms with Crippen LogP contribution in [0.4, 0.5) is 0 Å². The van der Waals surface area contributed by atoms with Gasteiger partial charge in [-0.25, -0.2) is 0 Å². The van der Waals surface area contributed by atoms with Gasteiger partial charge in [0.2, 0.25) is 0 Å². The summed E-state index contributed by atoms with van der Waals surface area (Å²) in [6.07, 6.45) is 0. The summed E-state index contributed by atoms with van der Waals surface area (Å²) in [5.41, 5.74) is 0. The Morgan fingerprint density at radius 2 is 1.29 bits per heavy atom. The normalized spacial score (nSPS) is 6.00. The van der Waals surface area contributed by atoms with E-state index in [4.69, 9.17) is 5.11 Å². The molecule has 0 fully saturated rings. The van der Waals surface area contributed by atoms with Crippen LogP contribution in [0.15, 0.2) is 0 Å². The van der Waals surface area contributed by atoms with Crippen LogP contribution < -0.4 is 0 Å². The Bertz CT molecular complexity index is 12.8. The first-order valence-electron chi connectivity index (χ1n) is 2.01. The third kappa shape index (κ3) is 285. The molecule has 0 aromatic carbocycles. The van der Waals surface area contributed by atoms with E-state index in [2.05, 4.69) is 20.8 Å². The summed E-state index contributed by atoms with van der Waals surface area (Å²) in [6.45, 7) is 7.75. The molecule has 1 nitrogen and oxygen atoms in total. The van der Waals surface area contributed by atoms with Gasteiger partial charge < -0.3 is 12.0 Å². The van der Waals surface area contributed by atoms with E-state index in [-0.39, 0.29) is 23.1 Å². The Morgan fingerprint density at radius 3 is 1.29 bits per heavy atom. The predicted octanol–water partition coefficient (Wildman–Crippen LogP) is 0.704. The Hall–Kier alpha value is 0.726. The molecule has 0 aromatic rings. The zero-order valence-corrected chi connectivity index (χ0v) is 6.85. The third-order valence-corrected chi connectivity index (χ3v) is 0. The van der Waals surface area contributed by atoms with Gasteiger partial charge in [0, 0.05) is 7.11 Å². The fraction of sp³-hybridized carbons (Fsp3) is 0.800. The average molecular weight is 113 g/mol. The second-order valence-corrected chi connectivity index (χ2v) is 1.39. The molecule has 0 atom stereocenters. The predicted molar refractivity (Wildman–Crippen MR) is 34.1 cm³/mol. The first kappa shape index (κ1) is 15.6. The van der Waals surface area contributed by atoms with Crippen LogP contribution in [0, 0.1) is 12.8 Å². The molecule has 1 N–H and O–H groups in total. The molecule has 0 radical (unpaired) electrons. The Kier molecular flexibility index (Phi) is 35.5. The Balaban J connectivity index is -0.0000000480. The van der Waals surface area contributed by atoms with Crippen LogP contribution in [-0.2, 0) is 0 Å². The van der Waals surface area contributed by atoms with E-state index in [0.29, 0.717) is 5.92 Å². The molecule has 0 saturated heterocycles. The molecule has 2 heteroatoms. The van der Waals surface area contributed by atoms with E-state index < -0.39 is 0 Å². The minimum Gasteiger partial charge on any atom is -0.400 e. The van der Waals surface area contributed by atoms with Crippen molar-refractivity contribution in [2.45, 2.75) is 13.8 Å². The van der Waals surface area contributed by atoms with Crippen LogP contribution >= 0.6 is 0 Å². The number of aliphatic hydroxyl groups excluding tert-OH is 1. The van der Waals surface area contributed by atoms with Gasteiger partial charge in [0.25, 0.3) is 0 Å². The molecule has 0 aliphatic heterocycles. The molecule has 0 aliphatic carbocycles. The average Bonchev–Trinajstić information content (AvgIpc) is 1.41. The van der Waals surface area contributed by atoms with Crippen LogP contribution in [0.1, 0.15) is 13.8 Å². The maximum atomic E-state index is 7.00. The summed E-state index contributed by atoms with van der Waals surface area (Å²) in [5, 5.41) is 7.00. The standard InChI is InChI=1S/C4H9.CH4O.Mg/c1-4(2)3;1-2;/h4H,1H2,2-3H3;2H,1H3;/q-1;;+2. The van der Waals surface area contributed by atoms with E-state index in [9.17, 15) is 0 Å². The summed E-state index contributed by atoms with van der Waals surface area (Å²) in [5.74, 6) is 0.583. The molecule has 0 unspecified atom stereocenters. The largest absolute Gasteiger partial charge is 2.00 e. The molecular formula is C5H13MgO+. The second kappa shape index (κ2) is 15.9. The summed E-state index contributed by atoms with van der Waals surface area (Å²) < 4.78 is 0. The maximum absolute atomic E-state index is 7.00. The van der Waals surface area contributed by atoms with Gasteiger partial charge in [0.1, 0.15) is 0 Å². The van der Waals surface area contributed by atoms with Crippen molar-refractivity contribution in [2.24, 2.45) is 5.92 Å². The van der Waals surface area contributed by atoms with Crippen molar-refractivity contribution in [3.8, 4) is 0 Å². The minimum absolute atomic E-state index is 0. The first-order chi connectivity index (χ1) is 2.73. The van der Waals surface area contributed by atoms with E-state index in [1.54, 1.807) is 0 Å². The molecule has 40 valence electrons. The van der Waals surface area contributed by atoms with Gasteiger partial charge in [-0.1, -0.05) is 13.8 Å². The molecule has 0 rings (SSSR count). The van der Waals surface area contributed by atoms with E-state index in [1.807, 2.05) is 0 Å². The van der Waals surface area contributed by atoms with Crippen molar-refractivity contribution in [2.75, 3.05) is 7.11 Å². The molecule has 0 saturated carbocycles. The minimum atomic E-state index is 0. The van der Waals surface area contributed by atoms with Crippen molar-refractivity contribution < 1.29 is 5.11 Å². The molecular weight excluding hydrogens is 100 g/mol. The molecule has 0 spiro atoms. The van der Waals surface area contributed by atoms with Gasteiger partial charge in [-0.05, 0) is 0 Å². The van der Waals surface area contributed by atoms with Crippen LogP contribution in [0.25, 0.3) is 0 Å². The van der Waals surface area contributed by atoms with Gasteiger partial charge in [-0.3, -0.25) is 0 Å². The van der Waals surface area contributed by atoms with Crippen molar-refractivity contribution >= 4 is 23.1 Å². The van der Waals surface area contributed by atoms with Gasteiger partial charge in [0.15, 0.2) is 0 Å². The van der Waals surface area contributed by atoms with E-state index >= 15 is 0 Å². The summed E-state index contributed by atoms with van der Waals surface area (Å²) in [6, 6.07) is 0. The van der Waals surface area contributed by atoms with Crippen molar-refractivity contribution in [1.82, 2.24) is 0 Å². The van der Waals surface area contributed by atoms with Crippen LogP contribution in [-0.4, -0.2) is 35.3 Å². The van der Waals surface area contributed by atoms with Gasteiger partial charge in [0.05, 0.1) is 0 Å². The molecule has 0 amide bonds. The summed E-state index contributed by atoms with van der Waals surface area (Å²) >= 11 is 0. The van der Waals surface area contributed by atoms with E-state index in [1.165, 1.54) is 0 Å². The number of rotatable bonds is 0. The zero-order valence-electron chi connectivity index (χ0n) is 5.44. The van der Waals surface area contributed by atoms with Gasteiger partial charge in [-0.15, -0.1) is 0 Å². The Labute approximate surface area is 62.3 Å². The molecule has 0 bridgehead atoms. The molecule has 0 aliphatic rings. The van der Waals surface area contributed by atoms with Crippen molar-refractivity contribution in [3.63, 3.8) is 0 Å². The second-order valence-electron chi connectivity index (χ2n) is 1.39. The fourth-order valence-corrected chi connectivity index (χ4v) is 0. The first-order valence-corrected chi connectivity index (χ1v) is 2.01. The quantitative estimate of drug-likeness (QED) is 0.362. The zero-order chi connectivity index (χ0) is 5.58. The van der Waals surface area contributed by atoms with Crippen LogP contribution in [0.5, 0.6) is 0 Å². The monoisotopic (exact) mass is 113 g/mol. The SMILES string of the molecule is CO.[CH2-]C(C)C.[Mg+2]. The topological polar surface area (TPSA) is 20.2 Å². The van der Waals surface area contributed by atoms with Crippen molar-refractivity contribution in [1.29, 1.82) is 0 Å².